The number of ether oxygens (including phenoxy) is 1. The van der Waals surface area contributed by atoms with E-state index in [0.717, 1.165) is 16.1 Å². The molecule has 2 aliphatic carbocycles. The molecule has 4 aliphatic rings. The highest BCUT2D eigenvalue weighted by molar-refractivity contribution is 6.36. The van der Waals surface area contributed by atoms with E-state index in [1.165, 1.54) is 11.0 Å². The van der Waals surface area contributed by atoms with Crippen molar-refractivity contribution in [2.75, 3.05) is 17.4 Å². The van der Waals surface area contributed by atoms with E-state index in [9.17, 15) is 19.5 Å². The van der Waals surface area contributed by atoms with E-state index < -0.39 is 46.8 Å². The number of rotatable bonds is 7. The molecule has 2 N–H and O–H groups in total. The van der Waals surface area contributed by atoms with Gasteiger partial charge in [0, 0.05) is 10.9 Å². The number of fused-ring (bicyclic) bond motifs is 4. The van der Waals surface area contributed by atoms with Crippen molar-refractivity contribution in [3.8, 4) is 11.5 Å². The molecule has 0 spiro atoms. The van der Waals surface area contributed by atoms with E-state index in [1.54, 1.807) is 98.1 Å². The Labute approximate surface area is 310 Å². The van der Waals surface area contributed by atoms with E-state index in [-0.39, 0.29) is 35.4 Å². The van der Waals surface area contributed by atoms with Gasteiger partial charge in [-0.15, -0.1) is 0 Å². The van der Waals surface area contributed by atoms with Crippen molar-refractivity contribution in [3.63, 3.8) is 0 Å². The molecular weight excluding hydrogens is 701 g/mol. The van der Waals surface area contributed by atoms with E-state index in [4.69, 9.17) is 27.9 Å². The topological polar surface area (TPSA) is 116 Å². The Kier molecular flexibility index (Phi) is 8.23. The molecule has 4 aromatic rings. The second-order valence-corrected chi connectivity index (χ2v) is 14.5. The van der Waals surface area contributed by atoms with Crippen LogP contribution in [0.5, 0.6) is 11.5 Å². The number of hydrogen-bond acceptors (Lipinski definition) is 7. The van der Waals surface area contributed by atoms with E-state index in [0.29, 0.717) is 33.3 Å². The van der Waals surface area contributed by atoms with Gasteiger partial charge in [-0.3, -0.25) is 29.5 Å². The molecule has 2 aliphatic heterocycles. The molecule has 52 heavy (non-hydrogen) atoms. The smallest absolute Gasteiger partial charge is 0.260 e. The maximum Gasteiger partial charge on any atom is 0.260 e. The number of phenolic OH excluding ortho intramolecular Hbond substituents is 1. The van der Waals surface area contributed by atoms with Crippen LogP contribution in [-0.4, -0.2) is 40.9 Å². The third-order valence-electron chi connectivity index (χ3n) is 11.2. The molecule has 2 saturated heterocycles. The molecule has 6 unspecified atom stereocenters. The van der Waals surface area contributed by atoms with Crippen molar-refractivity contribution in [3.05, 3.63) is 136 Å². The molecule has 262 valence electrons. The van der Waals surface area contributed by atoms with Crippen molar-refractivity contribution >= 4 is 64.3 Å². The number of methoxy groups -OCH3 is 1. The number of nitrogens with zero attached hydrogens (tertiary/aromatic N) is 2. The van der Waals surface area contributed by atoms with Crippen LogP contribution in [0, 0.1) is 23.7 Å². The second kappa shape index (κ2) is 12.7. The molecule has 3 fully saturated rings. The highest BCUT2D eigenvalue weighted by Crippen LogP contribution is 2.64. The molecule has 11 heteroatoms. The molecule has 2 heterocycles. The first-order valence-corrected chi connectivity index (χ1v) is 17.7. The summed E-state index contributed by atoms with van der Waals surface area (Å²) >= 11 is 12.7. The van der Waals surface area contributed by atoms with E-state index in [2.05, 4.69) is 12.0 Å². The normalized spacial score (nSPS) is 26.4. The van der Waals surface area contributed by atoms with Gasteiger partial charge in [-0.2, -0.15) is 5.01 Å². The minimum atomic E-state index is -1.49. The van der Waals surface area contributed by atoms with Crippen LogP contribution in [-0.2, 0) is 24.6 Å². The van der Waals surface area contributed by atoms with E-state index >= 15 is 4.79 Å². The van der Waals surface area contributed by atoms with Gasteiger partial charge in [0.25, 0.3) is 11.8 Å². The zero-order chi connectivity index (χ0) is 36.5. The summed E-state index contributed by atoms with van der Waals surface area (Å²) in [5, 5.41) is 12.0. The summed E-state index contributed by atoms with van der Waals surface area (Å²) in [5.41, 5.74) is 5.19. The average molecular weight is 735 g/mol. The first-order valence-electron chi connectivity index (χ1n) is 16.9. The minimum Gasteiger partial charge on any atom is -0.508 e. The number of halogens is 2. The van der Waals surface area contributed by atoms with Gasteiger partial charge in [-0.25, -0.2) is 0 Å². The van der Waals surface area contributed by atoms with Gasteiger partial charge in [0.1, 0.15) is 11.5 Å². The minimum absolute atomic E-state index is 0.0352. The number of benzene rings is 4. The zero-order valence-corrected chi connectivity index (χ0v) is 29.5. The predicted octanol–water partition coefficient (Wildman–Crippen LogP) is 7.54. The summed E-state index contributed by atoms with van der Waals surface area (Å²) in [5.74, 6) is -4.67. The van der Waals surface area contributed by atoms with Crippen LogP contribution in [0.25, 0.3) is 6.08 Å². The standard InChI is InChI=1S/C41H33Cl2N3O6/c1-3-22-4-11-26(12-5-22)45-37(48)30-18-17-29-31(35(30)39(45)50)21-32-38(49)46(44-34-19-10-25(42)20-33(34)43)40(51)41(32,24-8-15-28(52-2)16-9-24)36(29)23-6-13-27(47)14-7-23/h3-17,19-20,30-32,35-36,44,47H,1,18,21H2,2H3. The van der Waals surface area contributed by atoms with Crippen LogP contribution in [0.15, 0.2) is 109 Å². The van der Waals surface area contributed by atoms with Crippen molar-refractivity contribution in [2.45, 2.75) is 24.2 Å². The lowest BCUT2D eigenvalue weighted by Crippen LogP contribution is -2.53. The van der Waals surface area contributed by atoms with Gasteiger partial charge in [-0.1, -0.05) is 83.9 Å². The number of hydrazine groups is 1. The van der Waals surface area contributed by atoms with Crippen LogP contribution in [0.2, 0.25) is 10.0 Å². The summed E-state index contributed by atoms with van der Waals surface area (Å²) in [6, 6.07) is 25.5. The van der Waals surface area contributed by atoms with Gasteiger partial charge in [0.15, 0.2) is 0 Å². The number of aromatic hydroxyl groups is 1. The van der Waals surface area contributed by atoms with Crippen molar-refractivity contribution < 1.29 is 29.0 Å². The van der Waals surface area contributed by atoms with E-state index in [1.807, 2.05) is 6.08 Å². The molecule has 4 amide bonds. The fourth-order valence-corrected chi connectivity index (χ4v) is 9.35. The lowest BCUT2D eigenvalue weighted by molar-refractivity contribution is -0.138. The lowest BCUT2D eigenvalue weighted by Gasteiger charge is -2.50. The molecule has 1 saturated carbocycles. The third-order valence-corrected chi connectivity index (χ3v) is 11.7. The Balaban J connectivity index is 1.31. The highest BCUT2D eigenvalue weighted by Gasteiger charge is 2.70. The summed E-state index contributed by atoms with van der Waals surface area (Å²) in [6.07, 6.45) is 4.09. The van der Waals surface area contributed by atoms with Gasteiger partial charge < -0.3 is 9.84 Å². The number of phenols is 1. The maximum absolute atomic E-state index is 15.3. The van der Waals surface area contributed by atoms with Gasteiger partial charge in [0.05, 0.1) is 46.7 Å². The number of carbonyl (C=O) groups excluding carboxylic acids is 4. The van der Waals surface area contributed by atoms with Gasteiger partial charge in [-0.05, 0) is 90.0 Å². The van der Waals surface area contributed by atoms with Crippen molar-refractivity contribution in [1.82, 2.24) is 5.01 Å². The fraction of sp³-hybridized carbons (Fsp3) is 0.220. The molecule has 9 nitrogen and oxygen atoms in total. The van der Waals surface area contributed by atoms with Crippen molar-refractivity contribution in [1.29, 1.82) is 0 Å². The summed E-state index contributed by atoms with van der Waals surface area (Å²) in [7, 11) is 1.55. The van der Waals surface area contributed by atoms with Crippen LogP contribution in [0.1, 0.15) is 35.4 Å². The van der Waals surface area contributed by atoms with Crippen LogP contribution >= 0.6 is 23.2 Å². The summed E-state index contributed by atoms with van der Waals surface area (Å²) in [4.78, 5) is 59.9. The Bertz CT molecular complexity index is 2190. The average Bonchev–Trinajstić information content (AvgIpc) is 3.53. The SMILES string of the molecule is C=Cc1ccc(N2C(=O)C3CC=C4C(CC5C(=O)N(Nc6ccc(Cl)cc6Cl)C(=O)C5(c5ccc(OC)cc5)C4c4ccc(O)cc4)C3C2=O)cc1. The molecule has 6 atom stereocenters. The number of imide groups is 2. The van der Waals surface area contributed by atoms with Crippen LogP contribution < -0.4 is 15.1 Å². The summed E-state index contributed by atoms with van der Waals surface area (Å²) < 4.78 is 5.46. The van der Waals surface area contributed by atoms with Crippen molar-refractivity contribution in [2.24, 2.45) is 23.7 Å². The number of carbonyl (C=O) groups is 4. The lowest BCUT2D eigenvalue weighted by atomic mass is 9.49. The number of nitrogens with one attached hydrogen (secondary N) is 1. The third kappa shape index (κ3) is 4.98. The quantitative estimate of drug-likeness (QED) is 0.149. The Morgan fingerprint density at radius 3 is 2.25 bits per heavy atom. The molecule has 8 rings (SSSR count). The van der Waals surface area contributed by atoms with Crippen LogP contribution in [0.4, 0.5) is 11.4 Å². The number of amides is 4. The Morgan fingerprint density at radius 2 is 1.60 bits per heavy atom. The van der Waals surface area contributed by atoms with Gasteiger partial charge in [0.2, 0.25) is 11.8 Å². The number of allylic oxidation sites excluding steroid dienone is 2. The molecular formula is C41H33Cl2N3O6. The first-order chi connectivity index (χ1) is 25.1. The predicted molar refractivity (Wildman–Crippen MR) is 198 cm³/mol. The van der Waals surface area contributed by atoms with Gasteiger partial charge >= 0.3 is 0 Å². The monoisotopic (exact) mass is 733 g/mol. The second-order valence-electron chi connectivity index (χ2n) is 13.6. The Morgan fingerprint density at radius 1 is 0.885 bits per heavy atom. The molecule has 4 aromatic carbocycles. The molecule has 0 aromatic heterocycles. The molecule has 0 bridgehead atoms. The first kappa shape index (κ1) is 33.7. The maximum atomic E-state index is 15.3. The summed E-state index contributed by atoms with van der Waals surface area (Å²) in [6.45, 7) is 3.79. The fourth-order valence-electron chi connectivity index (χ4n) is 8.90. The zero-order valence-electron chi connectivity index (χ0n) is 28.0. The highest BCUT2D eigenvalue weighted by atomic mass is 35.5. The number of anilines is 2. The molecule has 0 radical (unpaired) electrons. The Hall–Kier alpha value is -5.38. The largest absolute Gasteiger partial charge is 0.508 e. The number of hydrogen-bond donors (Lipinski definition) is 2. The van der Waals surface area contributed by atoms with Crippen LogP contribution in [0.3, 0.4) is 0 Å².